The summed E-state index contributed by atoms with van der Waals surface area (Å²) in [5.74, 6) is -0.0564. The Kier molecular flexibility index (Phi) is 3.76. The molecule has 0 saturated carbocycles. The van der Waals surface area contributed by atoms with Crippen molar-refractivity contribution in [2.24, 2.45) is 18.7 Å². The van der Waals surface area contributed by atoms with Crippen LogP contribution in [0.25, 0.3) is 0 Å². The zero-order valence-corrected chi connectivity index (χ0v) is 8.60. The summed E-state index contributed by atoms with van der Waals surface area (Å²) >= 11 is 0. The predicted octanol–water partition coefficient (Wildman–Crippen LogP) is 0.373. The van der Waals surface area contributed by atoms with Crippen molar-refractivity contribution in [3.63, 3.8) is 0 Å². The summed E-state index contributed by atoms with van der Waals surface area (Å²) < 4.78 is 1.49. The van der Waals surface area contributed by atoms with E-state index in [1.54, 1.807) is 7.05 Å². The molecule has 0 bridgehead atoms. The van der Waals surface area contributed by atoms with Gasteiger partial charge in [-0.3, -0.25) is 4.79 Å². The van der Waals surface area contributed by atoms with Gasteiger partial charge in [0.25, 0.3) is 0 Å². The van der Waals surface area contributed by atoms with Crippen molar-refractivity contribution in [3.8, 4) is 0 Å². The molecule has 0 saturated heterocycles. The molecule has 0 aliphatic rings. The lowest BCUT2D eigenvalue weighted by atomic mass is 9.97. The van der Waals surface area contributed by atoms with Crippen LogP contribution in [0.2, 0.25) is 0 Å². The second-order valence-electron chi connectivity index (χ2n) is 3.33. The summed E-state index contributed by atoms with van der Waals surface area (Å²) in [7, 11) is 1.71. The van der Waals surface area contributed by atoms with Gasteiger partial charge in [-0.2, -0.15) is 0 Å². The van der Waals surface area contributed by atoms with Crippen molar-refractivity contribution in [3.05, 3.63) is 11.9 Å². The molecule has 1 aromatic rings. The smallest absolute Gasteiger partial charge is 0.186 e. The lowest BCUT2D eigenvalue weighted by Crippen LogP contribution is -2.25. The van der Waals surface area contributed by atoms with E-state index in [0.29, 0.717) is 12.2 Å². The largest absolute Gasteiger partial charge is 0.330 e. The van der Waals surface area contributed by atoms with E-state index in [-0.39, 0.29) is 11.7 Å². The Balaban J connectivity index is 2.78. The lowest BCUT2D eigenvalue weighted by Gasteiger charge is -2.11. The molecule has 0 aromatic carbocycles. The van der Waals surface area contributed by atoms with Crippen molar-refractivity contribution in [2.75, 3.05) is 6.54 Å². The monoisotopic (exact) mass is 196 g/mol. The first-order valence-corrected chi connectivity index (χ1v) is 4.79. The summed E-state index contributed by atoms with van der Waals surface area (Å²) in [4.78, 5) is 11.9. The van der Waals surface area contributed by atoms with Crippen molar-refractivity contribution in [1.82, 2.24) is 15.0 Å². The lowest BCUT2D eigenvalue weighted by molar-refractivity contribution is 0.0908. The van der Waals surface area contributed by atoms with E-state index in [9.17, 15) is 4.79 Å². The Labute approximate surface area is 83.3 Å². The third-order valence-corrected chi connectivity index (χ3v) is 2.26. The molecule has 2 N–H and O–H groups in total. The minimum atomic E-state index is -0.0998. The van der Waals surface area contributed by atoms with Gasteiger partial charge in [0.1, 0.15) is 5.69 Å². The number of aromatic nitrogens is 3. The van der Waals surface area contributed by atoms with E-state index >= 15 is 0 Å². The summed E-state index contributed by atoms with van der Waals surface area (Å²) in [6.45, 7) is 2.43. The fourth-order valence-corrected chi connectivity index (χ4v) is 1.43. The van der Waals surface area contributed by atoms with Crippen LogP contribution >= 0.6 is 0 Å². The average Bonchev–Trinajstić information content (AvgIpc) is 2.59. The van der Waals surface area contributed by atoms with E-state index in [0.717, 1.165) is 12.8 Å². The molecule has 78 valence electrons. The van der Waals surface area contributed by atoms with Crippen LogP contribution in [0, 0.1) is 5.92 Å². The molecule has 0 radical (unpaired) electrons. The van der Waals surface area contributed by atoms with E-state index < -0.39 is 0 Å². The maximum atomic E-state index is 11.9. The minimum absolute atomic E-state index is 0.0434. The third-order valence-electron chi connectivity index (χ3n) is 2.26. The van der Waals surface area contributed by atoms with Gasteiger partial charge in [-0.15, -0.1) is 5.10 Å². The average molecular weight is 196 g/mol. The zero-order chi connectivity index (χ0) is 10.6. The molecule has 1 rings (SSSR count). The Morgan fingerprint density at radius 3 is 2.86 bits per heavy atom. The van der Waals surface area contributed by atoms with E-state index in [1.165, 1.54) is 10.9 Å². The van der Waals surface area contributed by atoms with Crippen molar-refractivity contribution in [2.45, 2.75) is 19.8 Å². The second kappa shape index (κ2) is 4.85. The number of nitrogens with two attached hydrogens (primary N) is 1. The van der Waals surface area contributed by atoms with Crippen LogP contribution in [0.1, 0.15) is 30.3 Å². The van der Waals surface area contributed by atoms with Crippen LogP contribution in [-0.4, -0.2) is 27.3 Å². The topological polar surface area (TPSA) is 73.8 Å². The quantitative estimate of drug-likeness (QED) is 0.690. The van der Waals surface area contributed by atoms with Crippen molar-refractivity contribution >= 4 is 5.78 Å². The molecule has 1 aromatic heterocycles. The second-order valence-corrected chi connectivity index (χ2v) is 3.33. The molecule has 0 amide bonds. The molecule has 0 spiro atoms. The molecule has 0 aliphatic carbocycles. The highest BCUT2D eigenvalue weighted by Gasteiger charge is 2.20. The minimum Gasteiger partial charge on any atom is -0.330 e. The Bertz CT molecular complexity index is 308. The number of rotatable bonds is 5. The summed E-state index contributed by atoms with van der Waals surface area (Å²) in [6, 6.07) is 0. The summed E-state index contributed by atoms with van der Waals surface area (Å²) in [6.07, 6.45) is 3.26. The number of hydrogen-bond acceptors (Lipinski definition) is 4. The summed E-state index contributed by atoms with van der Waals surface area (Å²) in [5.41, 5.74) is 6.08. The predicted molar refractivity (Wildman–Crippen MR) is 52.8 cm³/mol. The highest BCUT2D eigenvalue weighted by atomic mass is 16.1. The molecule has 5 heteroatoms. The summed E-state index contributed by atoms with van der Waals surface area (Å²) in [5, 5.41) is 7.39. The first-order valence-electron chi connectivity index (χ1n) is 4.79. The Morgan fingerprint density at radius 1 is 1.71 bits per heavy atom. The number of Topliss-reactive ketones (excluding diaryl/α,β-unsaturated/α-hetero) is 1. The molecular weight excluding hydrogens is 180 g/mol. The third kappa shape index (κ3) is 2.17. The van der Waals surface area contributed by atoms with Gasteiger partial charge in [-0.25, -0.2) is 4.68 Å². The van der Waals surface area contributed by atoms with Gasteiger partial charge in [-0.1, -0.05) is 18.6 Å². The van der Waals surface area contributed by atoms with E-state index in [4.69, 9.17) is 5.73 Å². The van der Waals surface area contributed by atoms with E-state index in [2.05, 4.69) is 10.3 Å². The van der Waals surface area contributed by atoms with Crippen LogP contribution in [0.5, 0.6) is 0 Å². The highest BCUT2D eigenvalue weighted by Crippen LogP contribution is 2.11. The van der Waals surface area contributed by atoms with Gasteiger partial charge in [-0.05, 0) is 6.42 Å². The fraction of sp³-hybridized carbons (Fsp3) is 0.667. The Hall–Kier alpha value is -1.23. The molecular formula is C9H16N4O. The van der Waals surface area contributed by atoms with Crippen LogP contribution in [0.3, 0.4) is 0 Å². The molecule has 1 heterocycles. The maximum Gasteiger partial charge on any atom is 0.186 e. The van der Waals surface area contributed by atoms with Crippen molar-refractivity contribution in [1.29, 1.82) is 0 Å². The number of carbonyl (C=O) groups excluding carboxylic acids is 1. The molecule has 5 nitrogen and oxygen atoms in total. The van der Waals surface area contributed by atoms with Gasteiger partial charge < -0.3 is 5.73 Å². The van der Waals surface area contributed by atoms with Gasteiger partial charge in [0.05, 0.1) is 6.20 Å². The van der Waals surface area contributed by atoms with Crippen LogP contribution in [0.15, 0.2) is 6.20 Å². The first kappa shape index (κ1) is 10.8. The van der Waals surface area contributed by atoms with Gasteiger partial charge in [0, 0.05) is 19.5 Å². The van der Waals surface area contributed by atoms with Crippen LogP contribution in [0.4, 0.5) is 0 Å². The highest BCUT2D eigenvalue weighted by molar-refractivity contribution is 5.96. The molecule has 14 heavy (non-hydrogen) atoms. The first-order chi connectivity index (χ1) is 6.70. The molecule has 1 unspecified atom stereocenters. The van der Waals surface area contributed by atoms with Gasteiger partial charge >= 0.3 is 0 Å². The standard InChI is InChI=1S/C9H16N4O/c1-3-4-7(5-10)9(14)8-6-11-12-13(8)2/h6-7H,3-5,10H2,1-2H3. The van der Waals surface area contributed by atoms with Crippen molar-refractivity contribution < 1.29 is 4.79 Å². The molecule has 0 fully saturated rings. The normalized spacial score (nSPS) is 12.8. The molecule has 0 aliphatic heterocycles. The number of nitrogens with zero attached hydrogens (tertiary/aromatic N) is 3. The SMILES string of the molecule is CCCC(CN)C(=O)c1cnnn1C. The van der Waals surface area contributed by atoms with E-state index in [1.807, 2.05) is 6.92 Å². The number of hydrogen-bond donors (Lipinski definition) is 1. The number of aryl methyl sites for hydroxylation is 1. The number of ketones is 1. The van der Waals surface area contributed by atoms with Gasteiger partial charge in [0.15, 0.2) is 5.78 Å². The Morgan fingerprint density at radius 2 is 2.43 bits per heavy atom. The zero-order valence-electron chi connectivity index (χ0n) is 8.60. The fourth-order valence-electron chi connectivity index (χ4n) is 1.43. The number of carbonyl (C=O) groups is 1. The van der Waals surface area contributed by atoms with Gasteiger partial charge in [0.2, 0.25) is 0 Å². The van der Waals surface area contributed by atoms with Crippen LogP contribution < -0.4 is 5.73 Å². The molecule has 1 atom stereocenters. The maximum absolute atomic E-state index is 11.9. The van der Waals surface area contributed by atoms with Crippen LogP contribution in [-0.2, 0) is 7.05 Å².